The van der Waals surface area contributed by atoms with E-state index in [-0.39, 0.29) is 0 Å². The summed E-state index contributed by atoms with van der Waals surface area (Å²) < 4.78 is 22.1. The Bertz CT molecular complexity index is 714. The molecule has 2 aromatic carbocycles. The number of benzene rings is 2. The van der Waals surface area contributed by atoms with Crippen molar-refractivity contribution in [2.45, 2.75) is 19.2 Å². The second-order valence-corrected chi connectivity index (χ2v) is 7.69. The Labute approximate surface area is 127 Å². The van der Waals surface area contributed by atoms with Crippen LogP contribution in [0.2, 0.25) is 0 Å². The summed E-state index contributed by atoms with van der Waals surface area (Å²) in [5.41, 5.74) is 3.29. The highest BCUT2D eigenvalue weighted by atomic mass is 32.2. The lowest BCUT2D eigenvalue weighted by molar-refractivity contribution is 0.414. The standard InChI is InChI=1S/C17H21NO2S/c1-14-5-4-6-16(11-14)13-21(3,19)18-12-15-7-9-17(20-2)10-8-15/h4-11H,12-13H2,1-3H3. The second kappa shape index (κ2) is 6.76. The van der Waals surface area contributed by atoms with Crippen LogP contribution < -0.4 is 4.74 Å². The molecule has 0 bridgehead atoms. The molecule has 0 N–H and O–H groups in total. The van der Waals surface area contributed by atoms with Gasteiger partial charge >= 0.3 is 0 Å². The SMILES string of the molecule is COc1ccc(CN=S(C)(=O)Cc2cccc(C)c2)cc1. The Balaban J connectivity index is 2.09. The molecule has 4 heteroatoms. The molecule has 0 saturated heterocycles. The zero-order valence-corrected chi connectivity index (χ0v) is 13.5. The first-order valence-electron chi connectivity index (χ1n) is 6.82. The van der Waals surface area contributed by atoms with Crippen molar-refractivity contribution < 1.29 is 8.95 Å². The maximum Gasteiger partial charge on any atom is 0.118 e. The summed E-state index contributed by atoms with van der Waals surface area (Å²) in [5.74, 6) is 1.31. The lowest BCUT2D eigenvalue weighted by atomic mass is 10.2. The van der Waals surface area contributed by atoms with E-state index in [0.29, 0.717) is 12.3 Å². The summed E-state index contributed by atoms with van der Waals surface area (Å²) in [6.45, 7) is 2.50. The Kier molecular flexibility index (Phi) is 5.02. The molecule has 0 spiro atoms. The molecule has 112 valence electrons. The quantitative estimate of drug-likeness (QED) is 0.842. The van der Waals surface area contributed by atoms with Crippen LogP contribution in [0.3, 0.4) is 0 Å². The Morgan fingerprint density at radius 2 is 1.81 bits per heavy atom. The minimum atomic E-state index is -2.22. The van der Waals surface area contributed by atoms with Gasteiger partial charge in [-0.25, -0.2) is 8.57 Å². The number of methoxy groups -OCH3 is 1. The maximum absolute atomic E-state index is 12.6. The van der Waals surface area contributed by atoms with Crippen LogP contribution >= 0.6 is 0 Å². The Morgan fingerprint density at radius 3 is 2.43 bits per heavy atom. The third kappa shape index (κ3) is 4.90. The number of rotatable bonds is 5. The van der Waals surface area contributed by atoms with E-state index >= 15 is 0 Å². The number of ether oxygens (including phenoxy) is 1. The van der Waals surface area contributed by atoms with E-state index in [9.17, 15) is 4.21 Å². The van der Waals surface area contributed by atoms with Crippen molar-refractivity contribution in [2.24, 2.45) is 4.36 Å². The maximum atomic E-state index is 12.6. The Hall–Kier alpha value is -1.81. The van der Waals surface area contributed by atoms with Crippen molar-refractivity contribution >= 4 is 9.73 Å². The summed E-state index contributed by atoms with van der Waals surface area (Å²) in [6, 6.07) is 15.8. The van der Waals surface area contributed by atoms with Gasteiger partial charge in [0.05, 0.1) is 19.4 Å². The van der Waals surface area contributed by atoms with Gasteiger partial charge in [0.25, 0.3) is 0 Å². The van der Waals surface area contributed by atoms with Crippen LogP contribution in [-0.2, 0) is 22.0 Å². The van der Waals surface area contributed by atoms with E-state index in [4.69, 9.17) is 4.74 Å². The van der Waals surface area contributed by atoms with Gasteiger partial charge in [0.2, 0.25) is 0 Å². The van der Waals surface area contributed by atoms with Crippen molar-refractivity contribution in [3.63, 3.8) is 0 Å². The molecule has 0 heterocycles. The molecule has 0 saturated carbocycles. The average molecular weight is 303 g/mol. The first kappa shape index (κ1) is 15.6. The molecule has 0 fully saturated rings. The summed E-state index contributed by atoms with van der Waals surface area (Å²) in [5, 5.41) is 0. The van der Waals surface area contributed by atoms with Crippen molar-refractivity contribution in [3.05, 3.63) is 65.2 Å². The molecular weight excluding hydrogens is 282 g/mol. The van der Waals surface area contributed by atoms with Crippen LogP contribution in [0.5, 0.6) is 5.75 Å². The third-order valence-electron chi connectivity index (χ3n) is 3.20. The molecule has 0 amide bonds. The fourth-order valence-corrected chi connectivity index (χ4v) is 3.41. The van der Waals surface area contributed by atoms with Gasteiger partial charge in [0, 0.05) is 16.0 Å². The highest BCUT2D eigenvalue weighted by molar-refractivity contribution is 7.92. The smallest absolute Gasteiger partial charge is 0.118 e. The molecule has 0 aromatic heterocycles. The van der Waals surface area contributed by atoms with Gasteiger partial charge < -0.3 is 4.74 Å². The van der Waals surface area contributed by atoms with Gasteiger partial charge in [-0.2, -0.15) is 0 Å². The molecule has 3 nitrogen and oxygen atoms in total. The average Bonchev–Trinajstić information content (AvgIpc) is 2.45. The van der Waals surface area contributed by atoms with E-state index < -0.39 is 9.73 Å². The Morgan fingerprint density at radius 1 is 1.10 bits per heavy atom. The third-order valence-corrected chi connectivity index (χ3v) is 4.74. The molecule has 2 aromatic rings. The lowest BCUT2D eigenvalue weighted by Gasteiger charge is -2.06. The van der Waals surface area contributed by atoms with Crippen LogP contribution in [0.15, 0.2) is 52.9 Å². The van der Waals surface area contributed by atoms with Crippen LogP contribution in [0.4, 0.5) is 0 Å². The van der Waals surface area contributed by atoms with E-state index in [1.807, 2.05) is 49.4 Å². The monoisotopic (exact) mass is 303 g/mol. The molecule has 1 atom stereocenters. The fraction of sp³-hybridized carbons (Fsp3) is 0.294. The van der Waals surface area contributed by atoms with Crippen LogP contribution in [0.25, 0.3) is 0 Å². The minimum absolute atomic E-state index is 0.463. The fourth-order valence-electron chi connectivity index (χ4n) is 2.10. The van der Waals surface area contributed by atoms with Crippen LogP contribution in [0, 0.1) is 6.92 Å². The molecule has 21 heavy (non-hydrogen) atoms. The number of hydrogen-bond donors (Lipinski definition) is 0. The number of nitrogens with zero attached hydrogens (tertiary/aromatic N) is 1. The van der Waals surface area contributed by atoms with Crippen LogP contribution in [-0.4, -0.2) is 17.6 Å². The van der Waals surface area contributed by atoms with Crippen molar-refractivity contribution in [1.29, 1.82) is 0 Å². The van der Waals surface area contributed by atoms with Crippen LogP contribution in [0.1, 0.15) is 16.7 Å². The van der Waals surface area contributed by atoms with E-state index in [2.05, 4.69) is 10.4 Å². The van der Waals surface area contributed by atoms with E-state index in [0.717, 1.165) is 16.9 Å². The van der Waals surface area contributed by atoms with Crippen molar-refractivity contribution in [2.75, 3.05) is 13.4 Å². The highest BCUT2D eigenvalue weighted by Crippen LogP contribution is 2.14. The summed E-state index contributed by atoms with van der Waals surface area (Å²) in [4.78, 5) is 0. The lowest BCUT2D eigenvalue weighted by Crippen LogP contribution is -2.02. The predicted octanol–water partition coefficient (Wildman–Crippen LogP) is 3.80. The van der Waals surface area contributed by atoms with Crippen molar-refractivity contribution in [3.8, 4) is 5.75 Å². The first-order valence-corrected chi connectivity index (χ1v) is 8.92. The second-order valence-electron chi connectivity index (χ2n) is 5.23. The van der Waals surface area contributed by atoms with Gasteiger partial charge in [0.15, 0.2) is 0 Å². The van der Waals surface area contributed by atoms with E-state index in [1.165, 1.54) is 5.56 Å². The van der Waals surface area contributed by atoms with Gasteiger partial charge in [-0.1, -0.05) is 42.0 Å². The van der Waals surface area contributed by atoms with Gasteiger partial charge in [0.1, 0.15) is 5.75 Å². The zero-order valence-electron chi connectivity index (χ0n) is 12.7. The minimum Gasteiger partial charge on any atom is -0.497 e. The zero-order chi connectivity index (χ0) is 15.3. The molecule has 0 aliphatic heterocycles. The molecular formula is C17H21NO2S. The molecule has 2 rings (SSSR count). The van der Waals surface area contributed by atoms with Gasteiger partial charge in [-0.3, -0.25) is 0 Å². The van der Waals surface area contributed by atoms with Gasteiger partial charge in [-0.05, 0) is 30.2 Å². The molecule has 0 aliphatic carbocycles. The normalized spacial score (nSPS) is 13.5. The first-order chi connectivity index (χ1) is 9.98. The van der Waals surface area contributed by atoms with Gasteiger partial charge in [-0.15, -0.1) is 0 Å². The summed E-state index contributed by atoms with van der Waals surface area (Å²) in [6.07, 6.45) is 1.72. The number of aryl methyl sites for hydroxylation is 1. The highest BCUT2D eigenvalue weighted by Gasteiger charge is 2.04. The topological polar surface area (TPSA) is 38.7 Å². The summed E-state index contributed by atoms with van der Waals surface area (Å²) >= 11 is 0. The van der Waals surface area contributed by atoms with Crippen molar-refractivity contribution in [1.82, 2.24) is 0 Å². The van der Waals surface area contributed by atoms with E-state index in [1.54, 1.807) is 13.4 Å². The number of hydrogen-bond acceptors (Lipinski definition) is 3. The summed E-state index contributed by atoms with van der Waals surface area (Å²) in [7, 11) is -0.583. The molecule has 0 aliphatic rings. The largest absolute Gasteiger partial charge is 0.497 e. The molecule has 1 unspecified atom stereocenters. The predicted molar refractivity (Wildman–Crippen MR) is 88.1 cm³/mol. The molecule has 0 radical (unpaired) electrons.